The van der Waals surface area contributed by atoms with Crippen molar-refractivity contribution in [2.45, 2.75) is 43.5 Å². The molecule has 0 amide bonds. The number of hydrogen-bond acceptors (Lipinski definition) is 8. The summed E-state index contributed by atoms with van der Waals surface area (Å²) in [5.74, 6) is -8.48. The van der Waals surface area contributed by atoms with Crippen LogP contribution in [0.5, 0.6) is 5.75 Å². The fourth-order valence-electron chi connectivity index (χ4n) is 6.32. The summed E-state index contributed by atoms with van der Waals surface area (Å²) in [4.78, 5) is 39.1. The molecule has 0 heterocycles. The minimum atomic E-state index is -2.78. The summed E-state index contributed by atoms with van der Waals surface area (Å²) in [7, 11) is 0. The first-order valence-electron chi connectivity index (χ1n) is 11.6. The van der Waals surface area contributed by atoms with E-state index in [0.717, 1.165) is 12.5 Å². The molecule has 8 heteroatoms. The summed E-state index contributed by atoms with van der Waals surface area (Å²) < 4.78 is 0. The monoisotopic (exact) mass is 478 g/mol. The number of carbonyl (C=O) groups excluding carboxylic acids is 3. The standard InChI is InChI=1S/C27H26O8/c1-12(28)19-18(30)11-16-23(31)21-15(10-13-6-3-2-4-7-13)14-8-5-9-17(29)20(14)24(32)22(21)26(34)27(16,35)25(19)33/h2-9,15-16,18-19,21,23,29-32,35H,10-11H2,1H3. The van der Waals surface area contributed by atoms with Gasteiger partial charge < -0.3 is 25.5 Å². The lowest BCUT2D eigenvalue weighted by atomic mass is 9.52. The average Bonchev–Trinajstić information content (AvgIpc) is 2.81. The molecule has 0 bridgehead atoms. The highest BCUT2D eigenvalue weighted by Crippen LogP contribution is 2.55. The molecule has 7 atom stereocenters. The van der Waals surface area contributed by atoms with E-state index >= 15 is 0 Å². The highest BCUT2D eigenvalue weighted by molar-refractivity contribution is 6.25. The Morgan fingerprint density at radius 1 is 1.03 bits per heavy atom. The van der Waals surface area contributed by atoms with Crippen LogP contribution in [0.1, 0.15) is 36.0 Å². The van der Waals surface area contributed by atoms with E-state index in [1.54, 1.807) is 12.1 Å². The van der Waals surface area contributed by atoms with Crippen LogP contribution in [0.15, 0.2) is 54.1 Å². The molecule has 8 nitrogen and oxygen atoms in total. The van der Waals surface area contributed by atoms with Crippen LogP contribution in [-0.4, -0.2) is 60.7 Å². The lowest BCUT2D eigenvalue weighted by molar-refractivity contribution is -0.186. The van der Waals surface area contributed by atoms with E-state index < -0.39 is 64.6 Å². The van der Waals surface area contributed by atoms with Crippen LogP contribution in [0.4, 0.5) is 0 Å². The molecular weight excluding hydrogens is 452 g/mol. The van der Waals surface area contributed by atoms with Crippen molar-refractivity contribution in [3.05, 3.63) is 70.8 Å². The molecule has 5 N–H and O–H groups in total. The van der Waals surface area contributed by atoms with Crippen molar-refractivity contribution < 1.29 is 39.9 Å². The predicted octanol–water partition coefficient (Wildman–Crippen LogP) is 1.45. The van der Waals surface area contributed by atoms with Gasteiger partial charge in [0.05, 0.1) is 17.8 Å². The molecule has 2 aromatic carbocycles. The number of ketones is 3. The summed E-state index contributed by atoms with van der Waals surface area (Å²) in [6.07, 6.45) is -2.96. The van der Waals surface area contributed by atoms with Crippen molar-refractivity contribution in [1.82, 2.24) is 0 Å². The molecule has 3 aliphatic carbocycles. The van der Waals surface area contributed by atoms with Crippen molar-refractivity contribution in [3.63, 3.8) is 0 Å². The molecule has 0 saturated heterocycles. The average molecular weight is 478 g/mol. The Bertz CT molecular complexity index is 1270. The van der Waals surface area contributed by atoms with E-state index in [1.807, 2.05) is 30.3 Å². The predicted molar refractivity (Wildman–Crippen MR) is 123 cm³/mol. The van der Waals surface area contributed by atoms with Gasteiger partial charge in [-0.2, -0.15) is 0 Å². The lowest BCUT2D eigenvalue weighted by Crippen LogP contribution is -2.70. The van der Waals surface area contributed by atoms with Crippen molar-refractivity contribution >= 4 is 23.1 Å². The van der Waals surface area contributed by atoms with E-state index in [2.05, 4.69) is 0 Å². The van der Waals surface area contributed by atoms with Crippen LogP contribution >= 0.6 is 0 Å². The van der Waals surface area contributed by atoms with Gasteiger partial charge in [-0.3, -0.25) is 14.4 Å². The molecule has 0 aliphatic heterocycles. The smallest absolute Gasteiger partial charge is 0.202 e. The number of rotatable bonds is 3. The van der Waals surface area contributed by atoms with E-state index in [-0.39, 0.29) is 23.3 Å². The van der Waals surface area contributed by atoms with Crippen LogP contribution < -0.4 is 0 Å². The third-order valence-corrected chi connectivity index (χ3v) is 7.92. The van der Waals surface area contributed by atoms with E-state index in [1.165, 1.54) is 6.07 Å². The minimum absolute atomic E-state index is 0.00805. The van der Waals surface area contributed by atoms with Crippen LogP contribution in [0.25, 0.3) is 5.76 Å². The van der Waals surface area contributed by atoms with Gasteiger partial charge in [-0.25, -0.2) is 0 Å². The molecule has 0 spiro atoms. The fourth-order valence-corrected chi connectivity index (χ4v) is 6.32. The van der Waals surface area contributed by atoms with Crippen LogP contribution in [0.2, 0.25) is 0 Å². The maximum atomic E-state index is 13.8. The summed E-state index contributed by atoms with van der Waals surface area (Å²) in [5, 5.41) is 55.3. The molecule has 0 radical (unpaired) electrons. The molecule has 2 aromatic rings. The van der Waals surface area contributed by atoms with Gasteiger partial charge in [0.2, 0.25) is 5.78 Å². The van der Waals surface area contributed by atoms with Gasteiger partial charge in [-0.05, 0) is 42.9 Å². The number of phenolic OH excluding ortho intramolecular Hbond substituents is 1. The number of hydrogen-bond donors (Lipinski definition) is 5. The number of aliphatic hydroxyl groups is 4. The molecule has 0 aromatic heterocycles. The van der Waals surface area contributed by atoms with Crippen molar-refractivity contribution in [2.24, 2.45) is 17.8 Å². The topological polar surface area (TPSA) is 152 Å². The zero-order valence-corrected chi connectivity index (χ0v) is 19.0. The van der Waals surface area contributed by atoms with Gasteiger partial charge in [0.1, 0.15) is 23.2 Å². The largest absolute Gasteiger partial charge is 0.507 e. The normalized spacial score (nSPS) is 34.2. The Kier molecular flexibility index (Phi) is 5.43. The Balaban J connectivity index is 1.72. The number of fused-ring (bicyclic) bond motifs is 3. The summed E-state index contributed by atoms with van der Waals surface area (Å²) in [6, 6.07) is 13.9. The van der Waals surface area contributed by atoms with Crippen molar-refractivity contribution in [1.29, 1.82) is 0 Å². The van der Waals surface area contributed by atoms with Gasteiger partial charge >= 0.3 is 0 Å². The molecule has 7 unspecified atom stereocenters. The quantitative estimate of drug-likeness (QED) is 0.416. The SMILES string of the molecule is CC(=O)C1C(=O)C2(O)C(=O)C3=C(O)c4c(O)cccc4C(Cc4ccccc4)C3C(O)C2CC1O. The first-order valence-corrected chi connectivity index (χ1v) is 11.6. The lowest BCUT2D eigenvalue weighted by Gasteiger charge is -2.52. The Morgan fingerprint density at radius 2 is 1.71 bits per heavy atom. The van der Waals surface area contributed by atoms with E-state index in [4.69, 9.17) is 0 Å². The zero-order valence-electron chi connectivity index (χ0n) is 19.0. The molecule has 2 saturated carbocycles. The van der Waals surface area contributed by atoms with Crippen LogP contribution in [-0.2, 0) is 20.8 Å². The molecule has 35 heavy (non-hydrogen) atoms. The molecular formula is C27H26O8. The van der Waals surface area contributed by atoms with Gasteiger partial charge in [0.15, 0.2) is 11.4 Å². The third kappa shape index (κ3) is 3.21. The van der Waals surface area contributed by atoms with E-state index in [0.29, 0.717) is 12.0 Å². The fraction of sp³-hybridized carbons (Fsp3) is 0.370. The van der Waals surface area contributed by atoms with Gasteiger partial charge in [0.25, 0.3) is 0 Å². The number of Topliss-reactive ketones (excluding diaryl/α,β-unsaturated/α-hetero) is 3. The van der Waals surface area contributed by atoms with Crippen LogP contribution in [0.3, 0.4) is 0 Å². The molecule has 3 aliphatic rings. The second-order valence-electron chi connectivity index (χ2n) is 9.77. The third-order valence-electron chi connectivity index (χ3n) is 7.92. The second-order valence-corrected chi connectivity index (χ2v) is 9.77. The van der Waals surface area contributed by atoms with Crippen molar-refractivity contribution in [2.75, 3.05) is 0 Å². The van der Waals surface area contributed by atoms with Gasteiger partial charge in [-0.15, -0.1) is 0 Å². The maximum absolute atomic E-state index is 13.8. The first-order chi connectivity index (χ1) is 16.6. The summed E-state index contributed by atoms with van der Waals surface area (Å²) in [5.41, 5.74) is -1.73. The minimum Gasteiger partial charge on any atom is -0.507 e. The highest BCUT2D eigenvalue weighted by Gasteiger charge is 2.67. The number of phenols is 1. The zero-order chi connectivity index (χ0) is 25.2. The van der Waals surface area contributed by atoms with Crippen LogP contribution in [0, 0.1) is 17.8 Å². The number of aromatic hydroxyl groups is 1. The number of aliphatic hydroxyl groups excluding tert-OH is 3. The number of benzene rings is 2. The first kappa shape index (κ1) is 23.4. The number of carbonyl (C=O) groups is 3. The Morgan fingerprint density at radius 3 is 2.37 bits per heavy atom. The van der Waals surface area contributed by atoms with Gasteiger partial charge in [-0.1, -0.05) is 42.5 Å². The second kappa shape index (κ2) is 8.12. The Labute approximate surface area is 201 Å². The molecule has 2 fully saturated rings. The molecule has 182 valence electrons. The summed E-state index contributed by atoms with van der Waals surface area (Å²) in [6.45, 7) is 1.09. The van der Waals surface area contributed by atoms with Crippen molar-refractivity contribution in [3.8, 4) is 5.75 Å². The maximum Gasteiger partial charge on any atom is 0.202 e. The Hall–Kier alpha value is -3.33. The summed E-state index contributed by atoms with van der Waals surface area (Å²) >= 11 is 0. The van der Waals surface area contributed by atoms with E-state index in [9.17, 15) is 39.9 Å². The van der Waals surface area contributed by atoms with Gasteiger partial charge in [0, 0.05) is 17.4 Å². The molecule has 5 rings (SSSR count). The highest BCUT2D eigenvalue weighted by atomic mass is 16.3.